The third-order valence-electron chi connectivity index (χ3n) is 6.20. The normalized spacial score (nSPS) is 14.9. The Balaban J connectivity index is 1.41. The Kier molecular flexibility index (Phi) is 6.92. The van der Waals surface area contributed by atoms with E-state index in [0.29, 0.717) is 24.6 Å². The van der Waals surface area contributed by atoms with Crippen molar-refractivity contribution in [1.29, 1.82) is 0 Å². The Morgan fingerprint density at radius 1 is 1.16 bits per heavy atom. The third kappa shape index (κ3) is 5.28. The Labute approximate surface area is 183 Å². The maximum absolute atomic E-state index is 12.3. The van der Waals surface area contributed by atoms with Crippen molar-refractivity contribution in [2.24, 2.45) is 0 Å². The van der Waals surface area contributed by atoms with Crippen molar-refractivity contribution in [3.8, 4) is 0 Å². The van der Waals surface area contributed by atoms with Crippen LogP contribution in [0, 0.1) is 0 Å². The number of amides is 1. The van der Waals surface area contributed by atoms with E-state index in [2.05, 4.69) is 31.9 Å². The summed E-state index contributed by atoms with van der Waals surface area (Å²) >= 11 is 0. The molecule has 0 atom stereocenters. The number of hydrogen-bond acceptors (Lipinski definition) is 5. The maximum atomic E-state index is 12.3. The van der Waals surface area contributed by atoms with E-state index in [1.165, 1.54) is 32.1 Å². The number of carbonyl (C=O) groups excluding carboxylic acids is 1. The molecule has 0 spiro atoms. The van der Waals surface area contributed by atoms with Crippen molar-refractivity contribution < 1.29 is 4.79 Å². The summed E-state index contributed by atoms with van der Waals surface area (Å²) in [5, 5.41) is 8.57. The molecular formula is C24H32N6O. The van der Waals surface area contributed by atoms with Crippen LogP contribution < -0.4 is 5.32 Å². The molecule has 4 rings (SSSR count). The zero-order chi connectivity index (χ0) is 21.6. The number of carbonyl (C=O) groups is 1. The van der Waals surface area contributed by atoms with Crippen LogP contribution >= 0.6 is 0 Å². The monoisotopic (exact) mass is 420 g/mol. The van der Waals surface area contributed by atoms with E-state index in [0.717, 1.165) is 35.5 Å². The number of nitrogens with one attached hydrogen (secondary N) is 1. The van der Waals surface area contributed by atoms with Crippen LogP contribution in [0.5, 0.6) is 0 Å². The maximum Gasteiger partial charge on any atom is 0.251 e. The molecule has 1 aliphatic carbocycles. The van der Waals surface area contributed by atoms with Gasteiger partial charge in [-0.05, 0) is 44.1 Å². The van der Waals surface area contributed by atoms with E-state index in [1.807, 2.05) is 43.7 Å². The van der Waals surface area contributed by atoms with Crippen LogP contribution in [0.25, 0.3) is 11.0 Å². The molecule has 164 valence electrons. The van der Waals surface area contributed by atoms with Gasteiger partial charge >= 0.3 is 0 Å². The zero-order valence-electron chi connectivity index (χ0n) is 18.5. The minimum atomic E-state index is -0.0369. The molecule has 31 heavy (non-hydrogen) atoms. The molecule has 1 fully saturated rings. The molecule has 0 bridgehead atoms. The predicted molar refractivity (Wildman–Crippen MR) is 122 cm³/mol. The average Bonchev–Trinajstić information content (AvgIpc) is 3.23. The quantitative estimate of drug-likeness (QED) is 0.603. The van der Waals surface area contributed by atoms with Gasteiger partial charge in [0.1, 0.15) is 5.82 Å². The van der Waals surface area contributed by atoms with Gasteiger partial charge in [0.25, 0.3) is 5.91 Å². The first kappa shape index (κ1) is 21.4. The fourth-order valence-electron chi connectivity index (χ4n) is 4.13. The Bertz CT molecular complexity index is 1010. The molecule has 1 N–H and O–H groups in total. The second kappa shape index (κ2) is 10.0. The number of likely N-dealkylation sites (N-methyl/N-ethyl adjacent to an activating group) is 1. The second-order valence-corrected chi connectivity index (χ2v) is 8.47. The van der Waals surface area contributed by atoms with Crippen LogP contribution in [0.2, 0.25) is 0 Å². The molecule has 2 heterocycles. The van der Waals surface area contributed by atoms with Gasteiger partial charge in [-0.3, -0.25) is 4.79 Å². The predicted octanol–water partition coefficient (Wildman–Crippen LogP) is 3.60. The van der Waals surface area contributed by atoms with Crippen LogP contribution in [0.1, 0.15) is 66.8 Å². The second-order valence-electron chi connectivity index (χ2n) is 8.47. The molecule has 7 nitrogen and oxygen atoms in total. The molecule has 2 aromatic heterocycles. The minimum Gasteiger partial charge on any atom is -0.351 e. The fourth-order valence-corrected chi connectivity index (χ4v) is 4.13. The number of rotatable bonds is 8. The van der Waals surface area contributed by atoms with Gasteiger partial charge in [0, 0.05) is 31.3 Å². The highest BCUT2D eigenvalue weighted by Gasteiger charge is 2.19. The highest BCUT2D eigenvalue weighted by Crippen LogP contribution is 2.29. The van der Waals surface area contributed by atoms with E-state index >= 15 is 0 Å². The van der Waals surface area contributed by atoms with Crippen LogP contribution in [0.4, 0.5) is 0 Å². The summed E-state index contributed by atoms with van der Waals surface area (Å²) < 4.78 is 2.10. The Hall–Kier alpha value is -2.80. The van der Waals surface area contributed by atoms with Crippen molar-refractivity contribution in [1.82, 2.24) is 30.0 Å². The summed E-state index contributed by atoms with van der Waals surface area (Å²) in [6, 6.07) is 8.17. The lowest BCUT2D eigenvalue weighted by molar-refractivity contribution is 0.0950. The van der Waals surface area contributed by atoms with Gasteiger partial charge < -0.3 is 10.2 Å². The zero-order valence-corrected chi connectivity index (χ0v) is 18.5. The fraction of sp³-hybridized carbons (Fsp3) is 0.500. The number of aromatic nitrogens is 4. The van der Waals surface area contributed by atoms with E-state index in [1.54, 1.807) is 0 Å². The number of nitrogens with zero attached hydrogens (tertiary/aromatic N) is 5. The summed E-state index contributed by atoms with van der Waals surface area (Å²) in [7, 11) is 2.04. The van der Waals surface area contributed by atoms with Crippen LogP contribution in [0.15, 0.2) is 36.7 Å². The molecule has 0 aliphatic heterocycles. The molecule has 0 radical (unpaired) electrons. The van der Waals surface area contributed by atoms with Gasteiger partial charge in [0.05, 0.1) is 17.6 Å². The van der Waals surface area contributed by atoms with Gasteiger partial charge in [-0.1, -0.05) is 38.3 Å². The molecule has 0 saturated heterocycles. The van der Waals surface area contributed by atoms with E-state index in [-0.39, 0.29) is 5.91 Å². The molecule has 1 aromatic carbocycles. The number of benzene rings is 1. The summed E-state index contributed by atoms with van der Waals surface area (Å²) in [6.07, 6.45) is 10.6. The SMILES string of the molecule is CCN(C)CCNC(=O)c1ccc(Cc2ncc3cnn(C4CCCCC4)c3n2)cc1. The Morgan fingerprint density at radius 3 is 2.68 bits per heavy atom. The standard InChI is InChI=1S/C24H32N6O/c1-3-29(2)14-13-25-24(31)19-11-9-18(10-12-19)15-22-26-16-20-17-27-30(23(20)28-22)21-7-5-4-6-8-21/h9-12,16-17,21H,3-8,13-15H2,1-2H3,(H,25,31). The topological polar surface area (TPSA) is 75.9 Å². The lowest BCUT2D eigenvalue weighted by Crippen LogP contribution is -2.32. The Morgan fingerprint density at radius 2 is 1.94 bits per heavy atom. The third-order valence-corrected chi connectivity index (χ3v) is 6.20. The summed E-state index contributed by atoms with van der Waals surface area (Å²) in [5.41, 5.74) is 2.70. The molecule has 0 unspecified atom stereocenters. The average molecular weight is 421 g/mol. The van der Waals surface area contributed by atoms with Crippen LogP contribution in [-0.4, -0.2) is 57.2 Å². The molecule has 1 aliphatic rings. The molecular weight excluding hydrogens is 388 g/mol. The van der Waals surface area contributed by atoms with E-state index in [9.17, 15) is 4.79 Å². The van der Waals surface area contributed by atoms with Crippen molar-refractivity contribution >= 4 is 16.9 Å². The first-order chi connectivity index (χ1) is 15.1. The smallest absolute Gasteiger partial charge is 0.251 e. The van der Waals surface area contributed by atoms with E-state index < -0.39 is 0 Å². The van der Waals surface area contributed by atoms with Gasteiger partial charge in [0.15, 0.2) is 5.65 Å². The lowest BCUT2D eigenvalue weighted by atomic mass is 9.96. The van der Waals surface area contributed by atoms with Crippen molar-refractivity contribution in [3.63, 3.8) is 0 Å². The lowest BCUT2D eigenvalue weighted by Gasteiger charge is -2.22. The first-order valence-electron chi connectivity index (χ1n) is 11.4. The summed E-state index contributed by atoms with van der Waals surface area (Å²) in [4.78, 5) is 23.9. The first-order valence-corrected chi connectivity index (χ1v) is 11.4. The van der Waals surface area contributed by atoms with Gasteiger partial charge in [-0.15, -0.1) is 0 Å². The minimum absolute atomic E-state index is 0.0369. The van der Waals surface area contributed by atoms with Crippen molar-refractivity contribution in [2.45, 2.75) is 51.5 Å². The summed E-state index contributed by atoms with van der Waals surface area (Å²) in [6.45, 7) is 4.57. The highest BCUT2D eigenvalue weighted by molar-refractivity contribution is 5.94. The van der Waals surface area contributed by atoms with Crippen LogP contribution in [-0.2, 0) is 6.42 Å². The number of fused-ring (bicyclic) bond motifs is 1. The van der Waals surface area contributed by atoms with Crippen molar-refractivity contribution in [2.75, 3.05) is 26.7 Å². The molecule has 3 aromatic rings. The number of hydrogen-bond donors (Lipinski definition) is 1. The van der Waals surface area contributed by atoms with Crippen LogP contribution in [0.3, 0.4) is 0 Å². The molecule has 1 amide bonds. The van der Waals surface area contributed by atoms with Gasteiger partial charge in [0.2, 0.25) is 0 Å². The molecule has 1 saturated carbocycles. The van der Waals surface area contributed by atoms with Crippen molar-refractivity contribution in [3.05, 3.63) is 53.6 Å². The largest absolute Gasteiger partial charge is 0.351 e. The van der Waals surface area contributed by atoms with E-state index in [4.69, 9.17) is 4.98 Å². The highest BCUT2D eigenvalue weighted by atomic mass is 16.1. The van der Waals surface area contributed by atoms with Gasteiger partial charge in [-0.2, -0.15) is 5.10 Å². The van der Waals surface area contributed by atoms with Gasteiger partial charge in [-0.25, -0.2) is 14.6 Å². The molecule has 7 heteroatoms. The summed E-state index contributed by atoms with van der Waals surface area (Å²) in [5.74, 6) is 0.745.